The van der Waals surface area contributed by atoms with Crippen LogP contribution in [0.2, 0.25) is 0 Å². The average molecular weight is 194 g/mol. The maximum absolute atomic E-state index is 9.84. The number of aliphatic hydroxyl groups is 2. The fraction of sp³-hybridized carbons (Fsp3) is 0.500. The summed E-state index contributed by atoms with van der Waals surface area (Å²) in [5, 5.41) is 18.6. The smallest absolute Gasteiger partial charge is 0.0792 e. The van der Waals surface area contributed by atoms with Crippen LogP contribution in [0.4, 0.5) is 0 Å². The van der Waals surface area contributed by atoms with Crippen LogP contribution < -0.4 is 0 Å². The molecule has 0 saturated carbocycles. The van der Waals surface area contributed by atoms with Gasteiger partial charge in [0.2, 0.25) is 0 Å². The molecule has 2 atom stereocenters. The van der Waals surface area contributed by atoms with Crippen LogP contribution in [0.1, 0.15) is 31.4 Å². The van der Waals surface area contributed by atoms with E-state index in [0.717, 1.165) is 12.0 Å². The maximum Gasteiger partial charge on any atom is 0.0792 e. The zero-order valence-corrected chi connectivity index (χ0v) is 8.56. The van der Waals surface area contributed by atoms with Crippen LogP contribution in [-0.4, -0.2) is 16.8 Å². The lowest BCUT2D eigenvalue weighted by molar-refractivity contribution is 0.137. The SMILES string of the molecule is C[C@@H](CCO)C[C@@H](O)c1ccccc1. The summed E-state index contributed by atoms with van der Waals surface area (Å²) in [5.41, 5.74) is 0.956. The van der Waals surface area contributed by atoms with Crippen LogP contribution in [0.5, 0.6) is 0 Å². The van der Waals surface area contributed by atoms with Crippen molar-refractivity contribution >= 4 is 0 Å². The Morgan fingerprint density at radius 3 is 2.43 bits per heavy atom. The largest absolute Gasteiger partial charge is 0.396 e. The Labute approximate surface area is 85.2 Å². The molecule has 0 aromatic heterocycles. The summed E-state index contributed by atoms with van der Waals surface area (Å²) in [7, 11) is 0. The summed E-state index contributed by atoms with van der Waals surface area (Å²) in [6, 6.07) is 9.64. The fourth-order valence-corrected chi connectivity index (χ4v) is 1.53. The molecule has 0 bridgehead atoms. The molecule has 1 aromatic carbocycles. The third-order valence-electron chi connectivity index (χ3n) is 2.43. The first-order valence-corrected chi connectivity index (χ1v) is 5.08. The molecule has 0 radical (unpaired) electrons. The van der Waals surface area contributed by atoms with Gasteiger partial charge in [-0.25, -0.2) is 0 Å². The van der Waals surface area contributed by atoms with Gasteiger partial charge in [-0.1, -0.05) is 37.3 Å². The van der Waals surface area contributed by atoms with Crippen LogP contribution in [0, 0.1) is 5.92 Å². The van der Waals surface area contributed by atoms with Crippen LogP contribution in [0.25, 0.3) is 0 Å². The summed E-state index contributed by atoms with van der Waals surface area (Å²) in [5.74, 6) is 0.357. The van der Waals surface area contributed by atoms with Crippen LogP contribution >= 0.6 is 0 Å². The van der Waals surface area contributed by atoms with Crippen molar-refractivity contribution in [3.05, 3.63) is 35.9 Å². The van der Waals surface area contributed by atoms with Gasteiger partial charge in [0.25, 0.3) is 0 Å². The molecule has 0 aliphatic rings. The van der Waals surface area contributed by atoms with E-state index in [-0.39, 0.29) is 6.61 Å². The molecule has 0 aliphatic heterocycles. The zero-order valence-electron chi connectivity index (χ0n) is 8.56. The monoisotopic (exact) mass is 194 g/mol. The van der Waals surface area contributed by atoms with E-state index in [0.29, 0.717) is 12.3 Å². The van der Waals surface area contributed by atoms with E-state index in [4.69, 9.17) is 5.11 Å². The molecule has 0 unspecified atom stereocenters. The highest BCUT2D eigenvalue weighted by molar-refractivity contribution is 5.17. The molecule has 14 heavy (non-hydrogen) atoms. The minimum Gasteiger partial charge on any atom is -0.396 e. The molecule has 0 amide bonds. The molecule has 2 N–H and O–H groups in total. The summed E-state index contributed by atoms with van der Waals surface area (Å²) in [6.07, 6.45) is 1.06. The van der Waals surface area contributed by atoms with E-state index in [2.05, 4.69) is 0 Å². The van der Waals surface area contributed by atoms with Crippen LogP contribution in [0.15, 0.2) is 30.3 Å². The second kappa shape index (κ2) is 5.78. The van der Waals surface area contributed by atoms with Gasteiger partial charge in [-0.05, 0) is 24.3 Å². The minimum atomic E-state index is -0.405. The van der Waals surface area contributed by atoms with Gasteiger partial charge in [0.15, 0.2) is 0 Å². The van der Waals surface area contributed by atoms with E-state index in [1.807, 2.05) is 37.3 Å². The summed E-state index contributed by atoms with van der Waals surface area (Å²) < 4.78 is 0. The highest BCUT2D eigenvalue weighted by Crippen LogP contribution is 2.22. The van der Waals surface area contributed by atoms with Gasteiger partial charge in [-0.2, -0.15) is 0 Å². The van der Waals surface area contributed by atoms with Gasteiger partial charge in [-0.15, -0.1) is 0 Å². The predicted octanol–water partition coefficient (Wildman–Crippen LogP) is 2.13. The first kappa shape index (κ1) is 11.2. The highest BCUT2D eigenvalue weighted by atomic mass is 16.3. The van der Waals surface area contributed by atoms with Crippen molar-refractivity contribution in [2.75, 3.05) is 6.61 Å². The average Bonchev–Trinajstić information content (AvgIpc) is 2.19. The van der Waals surface area contributed by atoms with E-state index in [1.165, 1.54) is 0 Å². The molecular weight excluding hydrogens is 176 g/mol. The Kier molecular flexibility index (Phi) is 4.63. The predicted molar refractivity (Wildman–Crippen MR) is 56.9 cm³/mol. The van der Waals surface area contributed by atoms with Crippen molar-refractivity contribution in [2.24, 2.45) is 5.92 Å². The van der Waals surface area contributed by atoms with Crippen molar-refractivity contribution in [1.82, 2.24) is 0 Å². The topological polar surface area (TPSA) is 40.5 Å². The molecule has 2 nitrogen and oxygen atoms in total. The first-order chi connectivity index (χ1) is 6.74. The van der Waals surface area contributed by atoms with Crippen LogP contribution in [-0.2, 0) is 0 Å². The van der Waals surface area contributed by atoms with Gasteiger partial charge in [0.05, 0.1) is 6.10 Å². The Morgan fingerprint density at radius 1 is 1.21 bits per heavy atom. The minimum absolute atomic E-state index is 0.197. The van der Waals surface area contributed by atoms with Gasteiger partial charge in [0, 0.05) is 6.61 Å². The molecule has 1 rings (SSSR count). The molecule has 78 valence electrons. The number of hydrogen-bond donors (Lipinski definition) is 2. The summed E-state index contributed by atoms with van der Waals surface area (Å²) in [6.45, 7) is 2.24. The molecule has 0 spiro atoms. The lowest BCUT2D eigenvalue weighted by Gasteiger charge is -2.15. The quantitative estimate of drug-likeness (QED) is 0.753. The Hall–Kier alpha value is -0.860. The van der Waals surface area contributed by atoms with E-state index >= 15 is 0 Å². The molecule has 0 aliphatic carbocycles. The number of hydrogen-bond acceptors (Lipinski definition) is 2. The highest BCUT2D eigenvalue weighted by Gasteiger charge is 2.11. The van der Waals surface area contributed by atoms with Crippen molar-refractivity contribution in [1.29, 1.82) is 0 Å². The lowest BCUT2D eigenvalue weighted by atomic mass is 9.96. The zero-order chi connectivity index (χ0) is 10.4. The molecule has 2 heteroatoms. The Bertz CT molecular complexity index is 246. The maximum atomic E-state index is 9.84. The summed E-state index contributed by atoms with van der Waals surface area (Å²) >= 11 is 0. The lowest BCUT2D eigenvalue weighted by Crippen LogP contribution is -2.05. The molecule has 1 aromatic rings. The normalized spacial score (nSPS) is 15.1. The number of rotatable bonds is 5. The third kappa shape index (κ3) is 3.48. The number of benzene rings is 1. The molecule has 0 heterocycles. The van der Waals surface area contributed by atoms with Gasteiger partial charge in [-0.3, -0.25) is 0 Å². The van der Waals surface area contributed by atoms with Gasteiger partial charge >= 0.3 is 0 Å². The van der Waals surface area contributed by atoms with E-state index in [1.54, 1.807) is 0 Å². The molecule has 0 saturated heterocycles. The summed E-state index contributed by atoms with van der Waals surface area (Å²) in [4.78, 5) is 0. The van der Waals surface area contributed by atoms with Crippen molar-refractivity contribution in [3.63, 3.8) is 0 Å². The standard InChI is InChI=1S/C12H18O2/c1-10(7-8-13)9-12(14)11-5-3-2-4-6-11/h2-6,10,12-14H,7-9H2,1H3/t10-,12+/m0/s1. The third-order valence-corrected chi connectivity index (χ3v) is 2.43. The Balaban J connectivity index is 2.46. The fourth-order valence-electron chi connectivity index (χ4n) is 1.53. The molecule has 0 fully saturated rings. The van der Waals surface area contributed by atoms with Gasteiger partial charge < -0.3 is 10.2 Å². The van der Waals surface area contributed by atoms with Crippen molar-refractivity contribution in [2.45, 2.75) is 25.9 Å². The van der Waals surface area contributed by atoms with E-state index in [9.17, 15) is 5.11 Å². The van der Waals surface area contributed by atoms with Crippen molar-refractivity contribution < 1.29 is 10.2 Å². The van der Waals surface area contributed by atoms with E-state index < -0.39 is 6.10 Å². The number of aliphatic hydroxyl groups excluding tert-OH is 2. The molecular formula is C12H18O2. The second-order valence-corrected chi connectivity index (χ2v) is 3.78. The Morgan fingerprint density at radius 2 is 1.86 bits per heavy atom. The van der Waals surface area contributed by atoms with Crippen molar-refractivity contribution in [3.8, 4) is 0 Å². The van der Waals surface area contributed by atoms with Crippen LogP contribution in [0.3, 0.4) is 0 Å². The first-order valence-electron chi connectivity index (χ1n) is 5.08. The van der Waals surface area contributed by atoms with Gasteiger partial charge in [0.1, 0.15) is 0 Å². The second-order valence-electron chi connectivity index (χ2n) is 3.78.